The summed E-state index contributed by atoms with van der Waals surface area (Å²) in [6.07, 6.45) is 1.04. The molecular formula is C15H18BrFN2. The maximum atomic E-state index is 13.5. The number of fused-ring (bicyclic) bond motifs is 1. The Hall–Kier alpha value is -1.16. The van der Waals surface area contributed by atoms with Crippen LogP contribution in [-0.4, -0.2) is 11.5 Å². The molecule has 1 aromatic heterocycles. The Bertz CT molecular complexity index is 596. The summed E-state index contributed by atoms with van der Waals surface area (Å²) >= 11 is 3.38. The summed E-state index contributed by atoms with van der Waals surface area (Å²) in [7, 11) is 0. The normalized spacial score (nSPS) is 11.3. The minimum Gasteiger partial charge on any atom is -0.370 e. The first-order valence-corrected chi connectivity index (χ1v) is 7.35. The highest BCUT2D eigenvalue weighted by molar-refractivity contribution is 9.10. The van der Waals surface area contributed by atoms with E-state index < -0.39 is 0 Å². The Balaban J connectivity index is 2.62. The lowest BCUT2D eigenvalue weighted by Crippen LogP contribution is -2.07. The van der Waals surface area contributed by atoms with Crippen LogP contribution in [0.1, 0.15) is 38.7 Å². The van der Waals surface area contributed by atoms with Crippen molar-refractivity contribution in [3.63, 3.8) is 0 Å². The minimum absolute atomic E-state index is 0.245. The molecule has 0 radical (unpaired) electrons. The summed E-state index contributed by atoms with van der Waals surface area (Å²) in [4.78, 5) is 4.65. The second-order valence-corrected chi connectivity index (χ2v) is 5.82. The molecule has 0 saturated carbocycles. The van der Waals surface area contributed by atoms with Gasteiger partial charge in [0.1, 0.15) is 11.6 Å². The molecule has 4 heteroatoms. The number of nitrogens with zero attached hydrogens (tertiary/aromatic N) is 1. The van der Waals surface area contributed by atoms with Crippen molar-refractivity contribution in [1.29, 1.82) is 0 Å². The Kier molecular flexibility index (Phi) is 4.40. The van der Waals surface area contributed by atoms with Gasteiger partial charge in [0, 0.05) is 16.4 Å². The average molecular weight is 325 g/mol. The third kappa shape index (κ3) is 3.06. The second kappa shape index (κ2) is 5.87. The Morgan fingerprint density at radius 3 is 2.68 bits per heavy atom. The van der Waals surface area contributed by atoms with Gasteiger partial charge in [0.2, 0.25) is 0 Å². The standard InChI is InChI=1S/C15H18BrFN2/c1-4-5-18-15-12(9(2)3)7-10-6-11(17)8-13(16)14(10)19-15/h6-9H,4-5H2,1-3H3,(H,18,19). The number of aromatic nitrogens is 1. The van der Waals surface area contributed by atoms with Crippen LogP contribution >= 0.6 is 15.9 Å². The van der Waals surface area contributed by atoms with Gasteiger partial charge in [-0.05, 0) is 52.0 Å². The van der Waals surface area contributed by atoms with Crippen LogP contribution in [0.4, 0.5) is 10.2 Å². The van der Waals surface area contributed by atoms with Crippen molar-refractivity contribution >= 4 is 32.7 Å². The molecule has 1 N–H and O–H groups in total. The zero-order valence-corrected chi connectivity index (χ0v) is 13.0. The predicted molar refractivity (Wildman–Crippen MR) is 82.3 cm³/mol. The lowest BCUT2D eigenvalue weighted by molar-refractivity contribution is 0.629. The maximum Gasteiger partial charge on any atom is 0.130 e. The highest BCUT2D eigenvalue weighted by atomic mass is 79.9. The molecular weight excluding hydrogens is 307 g/mol. The van der Waals surface area contributed by atoms with E-state index >= 15 is 0 Å². The smallest absolute Gasteiger partial charge is 0.130 e. The highest BCUT2D eigenvalue weighted by Crippen LogP contribution is 2.31. The number of benzene rings is 1. The van der Waals surface area contributed by atoms with Crippen molar-refractivity contribution in [2.75, 3.05) is 11.9 Å². The number of halogens is 2. The third-order valence-electron chi connectivity index (χ3n) is 3.03. The molecule has 1 aromatic carbocycles. The van der Waals surface area contributed by atoms with Crippen LogP contribution in [0.2, 0.25) is 0 Å². The van der Waals surface area contributed by atoms with Gasteiger partial charge in [0.05, 0.1) is 5.52 Å². The fourth-order valence-electron chi connectivity index (χ4n) is 2.05. The van der Waals surface area contributed by atoms with Gasteiger partial charge in [0.25, 0.3) is 0 Å². The molecule has 1 heterocycles. The van der Waals surface area contributed by atoms with E-state index in [0.717, 1.165) is 35.2 Å². The molecule has 0 aliphatic heterocycles. The molecule has 0 saturated heterocycles. The first kappa shape index (κ1) is 14.3. The van der Waals surface area contributed by atoms with Crippen LogP contribution in [0.25, 0.3) is 10.9 Å². The summed E-state index contributed by atoms with van der Waals surface area (Å²) in [5.74, 6) is 1.00. The quantitative estimate of drug-likeness (QED) is 0.848. The minimum atomic E-state index is -0.245. The summed E-state index contributed by atoms with van der Waals surface area (Å²) in [5.41, 5.74) is 1.92. The van der Waals surface area contributed by atoms with Crippen molar-refractivity contribution in [3.8, 4) is 0 Å². The first-order chi connectivity index (χ1) is 9.02. The zero-order chi connectivity index (χ0) is 14.0. The van der Waals surface area contributed by atoms with Crippen LogP contribution in [0.5, 0.6) is 0 Å². The molecule has 2 nitrogen and oxygen atoms in total. The second-order valence-electron chi connectivity index (χ2n) is 4.97. The molecule has 0 aliphatic rings. The van der Waals surface area contributed by atoms with E-state index in [2.05, 4.69) is 47.0 Å². The number of hydrogen-bond acceptors (Lipinski definition) is 2. The van der Waals surface area contributed by atoms with E-state index in [1.54, 1.807) is 0 Å². The molecule has 0 bridgehead atoms. The highest BCUT2D eigenvalue weighted by Gasteiger charge is 2.12. The summed E-state index contributed by atoms with van der Waals surface area (Å²) < 4.78 is 14.2. The maximum absolute atomic E-state index is 13.5. The van der Waals surface area contributed by atoms with Gasteiger partial charge in [-0.3, -0.25) is 0 Å². The molecule has 2 rings (SSSR count). The van der Waals surface area contributed by atoms with Gasteiger partial charge in [-0.2, -0.15) is 0 Å². The molecule has 0 amide bonds. The van der Waals surface area contributed by atoms with Crippen molar-refractivity contribution in [2.24, 2.45) is 0 Å². The molecule has 0 fully saturated rings. The molecule has 0 aliphatic carbocycles. The van der Waals surface area contributed by atoms with Crippen LogP contribution in [0.15, 0.2) is 22.7 Å². The van der Waals surface area contributed by atoms with Gasteiger partial charge in [-0.1, -0.05) is 20.8 Å². The number of hydrogen-bond donors (Lipinski definition) is 1. The van der Waals surface area contributed by atoms with Crippen LogP contribution in [-0.2, 0) is 0 Å². The molecule has 0 unspecified atom stereocenters. The Morgan fingerprint density at radius 1 is 1.32 bits per heavy atom. The lowest BCUT2D eigenvalue weighted by atomic mass is 10.0. The topological polar surface area (TPSA) is 24.9 Å². The average Bonchev–Trinajstić information content (AvgIpc) is 2.35. The monoisotopic (exact) mass is 324 g/mol. The largest absolute Gasteiger partial charge is 0.370 e. The number of nitrogens with one attached hydrogen (secondary N) is 1. The summed E-state index contributed by atoms with van der Waals surface area (Å²) in [6, 6.07) is 5.01. The Labute approximate surface area is 121 Å². The molecule has 0 atom stereocenters. The molecule has 19 heavy (non-hydrogen) atoms. The van der Waals surface area contributed by atoms with Gasteiger partial charge in [-0.15, -0.1) is 0 Å². The zero-order valence-electron chi connectivity index (χ0n) is 11.4. The first-order valence-electron chi connectivity index (χ1n) is 6.56. The van der Waals surface area contributed by atoms with Crippen LogP contribution < -0.4 is 5.32 Å². The summed E-state index contributed by atoms with van der Waals surface area (Å²) in [5, 5.41) is 4.18. The molecule has 102 valence electrons. The number of pyridine rings is 1. The van der Waals surface area contributed by atoms with Crippen LogP contribution in [0, 0.1) is 5.82 Å². The SMILES string of the molecule is CCCNc1nc2c(Br)cc(F)cc2cc1C(C)C. The predicted octanol–water partition coefficient (Wildman–Crippen LogP) is 5.08. The van der Waals surface area contributed by atoms with Crippen LogP contribution in [0.3, 0.4) is 0 Å². The van der Waals surface area contributed by atoms with E-state index in [4.69, 9.17) is 0 Å². The van der Waals surface area contributed by atoms with Gasteiger partial charge >= 0.3 is 0 Å². The van der Waals surface area contributed by atoms with E-state index in [1.165, 1.54) is 12.1 Å². The van der Waals surface area contributed by atoms with Crippen molar-refractivity contribution in [2.45, 2.75) is 33.1 Å². The van der Waals surface area contributed by atoms with E-state index in [1.807, 2.05) is 6.07 Å². The van der Waals surface area contributed by atoms with Gasteiger partial charge in [-0.25, -0.2) is 9.37 Å². The van der Waals surface area contributed by atoms with Gasteiger partial charge in [0.15, 0.2) is 0 Å². The molecule has 2 aromatic rings. The number of anilines is 1. The Morgan fingerprint density at radius 2 is 2.05 bits per heavy atom. The van der Waals surface area contributed by atoms with E-state index in [-0.39, 0.29) is 5.82 Å². The fraction of sp³-hybridized carbons (Fsp3) is 0.400. The van der Waals surface area contributed by atoms with Crippen molar-refractivity contribution in [1.82, 2.24) is 4.98 Å². The lowest BCUT2D eigenvalue weighted by Gasteiger charge is -2.15. The third-order valence-corrected chi connectivity index (χ3v) is 3.63. The fourth-order valence-corrected chi connectivity index (χ4v) is 2.59. The van der Waals surface area contributed by atoms with Crippen molar-refractivity contribution < 1.29 is 4.39 Å². The summed E-state index contributed by atoms with van der Waals surface area (Å²) in [6.45, 7) is 7.24. The van der Waals surface area contributed by atoms with E-state index in [0.29, 0.717) is 10.4 Å². The van der Waals surface area contributed by atoms with E-state index in [9.17, 15) is 4.39 Å². The van der Waals surface area contributed by atoms with Gasteiger partial charge < -0.3 is 5.32 Å². The van der Waals surface area contributed by atoms with Crippen molar-refractivity contribution in [3.05, 3.63) is 34.1 Å². The molecule has 0 spiro atoms. The number of rotatable bonds is 4.